The number of carbonyl (C=O) groups is 1. The molecular formula is C19H24ClN3O. The molecule has 0 aromatic heterocycles. The molecule has 0 aliphatic rings. The van der Waals surface area contributed by atoms with E-state index >= 15 is 0 Å². The van der Waals surface area contributed by atoms with Crippen LogP contribution in [0.15, 0.2) is 48.5 Å². The summed E-state index contributed by atoms with van der Waals surface area (Å²) < 4.78 is 0. The maximum Gasteiger partial charge on any atom is 0.221 e. The summed E-state index contributed by atoms with van der Waals surface area (Å²) in [5, 5.41) is 3.54. The first-order chi connectivity index (χ1) is 11.6. The van der Waals surface area contributed by atoms with Crippen molar-refractivity contribution in [1.29, 1.82) is 0 Å². The number of hydrogen-bond acceptors (Lipinski definition) is 3. The highest BCUT2D eigenvalue weighted by Gasteiger charge is 2.08. The molecule has 2 aromatic rings. The van der Waals surface area contributed by atoms with Crippen molar-refractivity contribution in [1.82, 2.24) is 4.90 Å². The maximum absolute atomic E-state index is 11.1. The molecule has 0 saturated carbocycles. The van der Waals surface area contributed by atoms with E-state index in [0.29, 0.717) is 6.54 Å². The number of nitrogens with one attached hydrogen (secondary N) is 1. The van der Waals surface area contributed by atoms with E-state index in [2.05, 4.69) is 16.3 Å². The van der Waals surface area contributed by atoms with Gasteiger partial charge in [0.05, 0.1) is 0 Å². The zero-order valence-electron chi connectivity index (χ0n) is 14.0. The topological polar surface area (TPSA) is 58.4 Å². The van der Waals surface area contributed by atoms with E-state index in [-0.39, 0.29) is 5.91 Å². The first kappa shape index (κ1) is 18.5. The van der Waals surface area contributed by atoms with E-state index in [1.807, 2.05) is 42.5 Å². The molecule has 0 aliphatic heterocycles. The molecule has 0 spiro atoms. The number of amides is 1. The highest BCUT2D eigenvalue weighted by atomic mass is 35.5. The molecule has 0 bridgehead atoms. The minimum absolute atomic E-state index is 0.0618. The summed E-state index contributed by atoms with van der Waals surface area (Å²) in [7, 11) is 0. The summed E-state index contributed by atoms with van der Waals surface area (Å²) in [6.45, 7) is 4.76. The van der Waals surface area contributed by atoms with Crippen LogP contribution in [0.2, 0.25) is 5.02 Å². The van der Waals surface area contributed by atoms with Crippen LogP contribution in [0.5, 0.6) is 0 Å². The van der Waals surface area contributed by atoms with Crippen molar-refractivity contribution in [2.45, 2.75) is 26.4 Å². The monoisotopic (exact) mass is 345 g/mol. The minimum Gasteiger partial charge on any atom is -0.330 e. The number of nitrogens with zero attached hydrogens (tertiary/aromatic N) is 1. The van der Waals surface area contributed by atoms with Crippen LogP contribution in [0.1, 0.15) is 24.5 Å². The molecule has 4 nitrogen and oxygen atoms in total. The number of rotatable bonds is 8. The zero-order chi connectivity index (χ0) is 17.4. The largest absolute Gasteiger partial charge is 0.330 e. The third-order valence-corrected chi connectivity index (χ3v) is 3.89. The predicted octanol–water partition coefficient (Wildman–Crippen LogP) is 3.65. The summed E-state index contributed by atoms with van der Waals surface area (Å²) in [4.78, 5) is 13.4. The van der Waals surface area contributed by atoms with Crippen LogP contribution in [0.3, 0.4) is 0 Å². The summed E-state index contributed by atoms with van der Waals surface area (Å²) >= 11 is 6.08. The van der Waals surface area contributed by atoms with Crippen LogP contribution < -0.4 is 11.1 Å². The van der Waals surface area contributed by atoms with Gasteiger partial charge < -0.3 is 11.1 Å². The molecule has 24 heavy (non-hydrogen) atoms. The molecule has 0 aliphatic carbocycles. The molecule has 1 amide bonds. The smallest absolute Gasteiger partial charge is 0.221 e. The standard InChI is InChI=1S/C19H24ClN3O/c1-15(24)22-19-8-6-16(7-9-19)13-23(11-3-10-21)14-17-4-2-5-18(20)12-17/h2,4-9,12H,3,10-11,13-14,21H2,1H3,(H,22,24). The van der Waals surface area contributed by atoms with Crippen molar-refractivity contribution >= 4 is 23.2 Å². The van der Waals surface area contributed by atoms with Gasteiger partial charge in [-0.15, -0.1) is 0 Å². The first-order valence-electron chi connectivity index (χ1n) is 8.10. The van der Waals surface area contributed by atoms with E-state index in [1.165, 1.54) is 18.1 Å². The van der Waals surface area contributed by atoms with Crippen molar-refractivity contribution in [3.63, 3.8) is 0 Å². The summed E-state index contributed by atoms with van der Waals surface area (Å²) in [5.41, 5.74) is 8.87. The molecule has 5 heteroatoms. The van der Waals surface area contributed by atoms with Gasteiger partial charge in [-0.1, -0.05) is 35.9 Å². The lowest BCUT2D eigenvalue weighted by molar-refractivity contribution is -0.114. The van der Waals surface area contributed by atoms with E-state index in [9.17, 15) is 4.79 Å². The van der Waals surface area contributed by atoms with Gasteiger partial charge in [-0.05, 0) is 48.4 Å². The quantitative estimate of drug-likeness (QED) is 0.767. The van der Waals surface area contributed by atoms with Gasteiger partial charge >= 0.3 is 0 Å². The second-order valence-corrected chi connectivity index (χ2v) is 6.30. The Labute approximate surface area is 148 Å². The Bertz CT molecular complexity index is 658. The fourth-order valence-corrected chi connectivity index (χ4v) is 2.79. The molecule has 0 saturated heterocycles. The second kappa shape index (κ2) is 9.42. The number of hydrogen-bond donors (Lipinski definition) is 2. The van der Waals surface area contributed by atoms with Crippen molar-refractivity contribution < 1.29 is 4.79 Å². The molecule has 0 unspecified atom stereocenters. The van der Waals surface area contributed by atoms with E-state index in [0.717, 1.165) is 36.8 Å². The second-order valence-electron chi connectivity index (χ2n) is 5.86. The Hall–Kier alpha value is -1.88. The maximum atomic E-state index is 11.1. The lowest BCUT2D eigenvalue weighted by Crippen LogP contribution is -2.25. The first-order valence-corrected chi connectivity index (χ1v) is 8.48. The van der Waals surface area contributed by atoms with Gasteiger partial charge in [0.1, 0.15) is 0 Å². The average molecular weight is 346 g/mol. The Morgan fingerprint density at radius 1 is 1.12 bits per heavy atom. The molecule has 0 radical (unpaired) electrons. The van der Waals surface area contributed by atoms with E-state index in [4.69, 9.17) is 17.3 Å². The van der Waals surface area contributed by atoms with Crippen molar-refractivity contribution in [3.05, 3.63) is 64.7 Å². The molecule has 2 aromatic carbocycles. The summed E-state index contributed by atoms with van der Waals surface area (Å²) in [5.74, 6) is -0.0618. The van der Waals surface area contributed by atoms with E-state index in [1.54, 1.807) is 0 Å². The van der Waals surface area contributed by atoms with Crippen molar-refractivity contribution in [3.8, 4) is 0 Å². The number of carbonyl (C=O) groups excluding carboxylic acids is 1. The third-order valence-electron chi connectivity index (χ3n) is 3.65. The lowest BCUT2D eigenvalue weighted by atomic mass is 10.1. The number of nitrogens with two attached hydrogens (primary N) is 1. The molecule has 128 valence electrons. The van der Waals surface area contributed by atoms with Gasteiger partial charge in [0.25, 0.3) is 0 Å². The Morgan fingerprint density at radius 3 is 2.46 bits per heavy atom. The van der Waals surface area contributed by atoms with Crippen LogP contribution in [-0.2, 0) is 17.9 Å². The van der Waals surface area contributed by atoms with Gasteiger partial charge in [-0.25, -0.2) is 0 Å². The summed E-state index contributed by atoms with van der Waals surface area (Å²) in [6.07, 6.45) is 0.949. The SMILES string of the molecule is CC(=O)Nc1ccc(CN(CCCN)Cc2cccc(Cl)c2)cc1. The minimum atomic E-state index is -0.0618. The van der Waals surface area contributed by atoms with Crippen LogP contribution in [0.25, 0.3) is 0 Å². The van der Waals surface area contributed by atoms with Crippen LogP contribution in [0.4, 0.5) is 5.69 Å². The molecular weight excluding hydrogens is 322 g/mol. The number of benzene rings is 2. The Balaban J connectivity index is 2.03. The van der Waals surface area contributed by atoms with Gasteiger partial charge in [-0.3, -0.25) is 9.69 Å². The van der Waals surface area contributed by atoms with Crippen molar-refractivity contribution in [2.75, 3.05) is 18.4 Å². The summed E-state index contributed by atoms with van der Waals surface area (Å²) in [6, 6.07) is 15.9. The van der Waals surface area contributed by atoms with Gasteiger partial charge in [0.2, 0.25) is 5.91 Å². The van der Waals surface area contributed by atoms with Crippen molar-refractivity contribution in [2.24, 2.45) is 5.73 Å². The number of anilines is 1. The molecule has 0 fully saturated rings. The van der Waals surface area contributed by atoms with Gasteiger partial charge in [0, 0.05) is 37.3 Å². The van der Waals surface area contributed by atoms with Gasteiger partial charge in [0.15, 0.2) is 0 Å². The fraction of sp³-hybridized carbons (Fsp3) is 0.316. The average Bonchev–Trinajstić information content (AvgIpc) is 2.54. The highest BCUT2D eigenvalue weighted by molar-refractivity contribution is 6.30. The molecule has 3 N–H and O–H groups in total. The van der Waals surface area contributed by atoms with Crippen LogP contribution in [-0.4, -0.2) is 23.9 Å². The van der Waals surface area contributed by atoms with E-state index < -0.39 is 0 Å². The molecule has 0 atom stereocenters. The van der Waals surface area contributed by atoms with Crippen LogP contribution >= 0.6 is 11.6 Å². The van der Waals surface area contributed by atoms with Gasteiger partial charge in [-0.2, -0.15) is 0 Å². The molecule has 0 heterocycles. The Morgan fingerprint density at radius 2 is 1.83 bits per heavy atom. The van der Waals surface area contributed by atoms with Crippen LogP contribution in [0, 0.1) is 0 Å². The Kier molecular flexibility index (Phi) is 7.25. The molecule has 2 rings (SSSR count). The fourth-order valence-electron chi connectivity index (χ4n) is 2.58. The third kappa shape index (κ3) is 6.32. The normalized spacial score (nSPS) is 10.8. The predicted molar refractivity (Wildman–Crippen MR) is 100.0 cm³/mol. The highest BCUT2D eigenvalue weighted by Crippen LogP contribution is 2.16. The number of halogens is 1. The lowest BCUT2D eigenvalue weighted by Gasteiger charge is -2.22. The zero-order valence-corrected chi connectivity index (χ0v) is 14.7.